The topological polar surface area (TPSA) is 32.3 Å². The molecule has 1 aliphatic rings. The number of benzene rings is 1. The molecular weight excluding hydrogens is 332 g/mol. The molecule has 1 aromatic carbocycles. The van der Waals surface area contributed by atoms with Gasteiger partial charge in [0.25, 0.3) is 0 Å². The molecule has 1 heterocycles. The molecule has 0 radical (unpaired) electrons. The highest BCUT2D eigenvalue weighted by molar-refractivity contribution is 6.30. The van der Waals surface area contributed by atoms with Gasteiger partial charge < -0.3 is 10.2 Å². The van der Waals surface area contributed by atoms with Crippen LogP contribution in [-0.4, -0.2) is 36.5 Å². The van der Waals surface area contributed by atoms with Crippen LogP contribution in [0.1, 0.15) is 58.4 Å². The van der Waals surface area contributed by atoms with Crippen molar-refractivity contribution in [3.8, 4) is 0 Å². The van der Waals surface area contributed by atoms with Crippen LogP contribution in [0, 0.1) is 0 Å². The first-order chi connectivity index (χ1) is 12.1. The van der Waals surface area contributed by atoms with Crippen molar-refractivity contribution in [2.24, 2.45) is 0 Å². The van der Waals surface area contributed by atoms with Gasteiger partial charge >= 0.3 is 0 Å². The van der Waals surface area contributed by atoms with Crippen molar-refractivity contribution in [3.05, 3.63) is 40.9 Å². The van der Waals surface area contributed by atoms with Gasteiger partial charge in [0.15, 0.2) is 0 Å². The van der Waals surface area contributed by atoms with Crippen LogP contribution in [0.4, 0.5) is 0 Å². The van der Waals surface area contributed by atoms with E-state index in [-0.39, 0.29) is 5.91 Å². The van der Waals surface area contributed by atoms with E-state index in [1.807, 2.05) is 35.2 Å². The lowest BCUT2D eigenvalue weighted by Gasteiger charge is -2.23. The van der Waals surface area contributed by atoms with Crippen molar-refractivity contribution in [2.75, 3.05) is 19.6 Å². The van der Waals surface area contributed by atoms with Crippen molar-refractivity contribution in [1.29, 1.82) is 0 Å². The normalized spacial score (nSPS) is 16.8. The summed E-state index contributed by atoms with van der Waals surface area (Å²) in [6, 6.07) is 7.84. The molecule has 1 aromatic rings. The summed E-state index contributed by atoms with van der Waals surface area (Å²) >= 11 is 5.86. The Hall–Kier alpha value is -1.32. The number of hydrogen-bond acceptors (Lipinski definition) is 2. The number of nitrogens with zero attached hydrogens (tertiary/aromatic N) is 1. The zero-order valence-corrected chi connectivity index (χ0v) is 16.7. The van der Waals surface area contributed by atoms with Crippen LogP contribution in [0.15, 0.2) is 30.3 Å². The molecule has 1 fully saturated rings. The van der Waals surface area contributed by atoms with E-state index in [4.69, 9.17) is 11.6 Å². The van der Waals surface area contributed by atoms with E-state index in [0.717, 1.165) is 38.0 Å². The number of nitrogens with one attached hydrogen (secondary N) is 1. The Labute approximate surface area is 158 Å². The third-order valence-corrected chi connectivity index (χ3v) is 4.29. The number of halogens is 1. The summed E-state index contributed by atoms with van der Waals surface area (Å²) in [6.45, 7) is 9.24. The molecule has 1 unspecified atom stereocenters. The number of unbranched alkanes of at least 4 members (excludes halogenated alkanes) is 1. The number of carbonyl (C=O) groups excluding carboxylic acids is 1. The third-order valence-electron chi connectivity index (χ3n) is 4.04. The van der Waals surface area contributed by atoms with Crippen molar-refractivity contribution in [3.63, 3.8) is 0 Å². The van der Waals surface area contributed by atoms with Crippen LogP contribution < -0.4 is 5.32 Å². The van der Waals surface area contributed by atoms with E-state index in [0.29, 0.717) is 11.1 Å². The van der Waals surface area contributed by atoms with Crippen LogP contribution in [-0.2, 0) is 4.79 Å². The molecule has 0 aromatic heterocycles. The fraction of sp³-hybridized carbons (Fsp3) is 0.571. The molecule has 1 amide bonds. The van der Waals surface area contributed by atoms with Crippen LogP contribution in [0.25, 0.3) is 6.08 Å². The van der Waals surface area contributed by atoms with Gasteiger partial charge in [-0.1, -0.05) is 57.3 Å². The summed E-state index contributed by atoms with van der Waals surface area (Å²) in [6.07, 6.45) is 9.37. The lowest BCUT2D eigenvalue weighted by Crippen LogP contribution is -2.41. The van der Waals surface area contributed by atoms with Gasteiger partial charge in [-0.3, -0.25) is 4.79 Å². The summed E-state index contributed by atoms with van der Waals surface area (Å²) in [5, 5.41) is 4.17. The first-order valence-electron chi connectivity index (χ1n) is 9.57. The Bertz CT molecular complexity index is 513. The monoisotopic (exact) mass is 364 g/mol. The van der Waals surface area contributed by atoms with Gasteiger partial charge in [0, 0.05) is 30.2 Å². The highest BCUT2D eigenvalue weighted by atomic mass is 35.5. The molecule has 0 spiro atoms. The second kappa shape index (κ2) is 13.0. The molecule has 3 nitrogen and oxygen atoms in total. The minimum Gasteiger partial charge on any atom is -0.335 e. The van der Waals surface area contributed by atoms with E-state index in [1.165, 1.54) is 19.3 Å². The van der Waals surface area contributed by atoms with Crippen molar-refractivity contribution in [1.82, 2.24) is 10.2 Å². The van der Waals surface area contributed by atoms with E-state index in [2.05, 4.69) is 26.1 Å². The minimum atomic E-state index is 0.106. The predicted octanol–water partition coefficient (Wildman–Crippen LogP) is 5.15. The fourth-order valence-corrected chi connectivity index (χ4v) is 2.87. The summed E-state index contributed by atoms with van der Waals surface area (Å²) in [5.41, 5.74) is 0.995. The maximum Gasteiger partial charge on any atom is 0.246 e. The number of likely N-dealkylation sites (tertiary alicyclic amines) is 1. The first kappa shape index (κ1) is 21.7. The summed E-state index contributed by atoms with van der Waals surface area (Å²) in [5.74, 6) is 0.106. The van der Waals surface area contributed by atoms with Crippen LogP contribution in [0.3, 0.4) is 0 Å². The molecule has 1 N–H and O–H groups in total. The zero-order chi connectivity index (χ0) is 18.5. The Balaban J connectivity index is 0.000000970. The largest absolute Gasteiger partial charge is 0.335 e. The molecule has 0 saturated carbocycles. The maximum absolute atomic E-state index is 12.4. The molecule has 25 heavy (non-hydrogen) atoms. The second-order valence-electron chi connectivity index (χ2n) is 6.48. The van der Waals surface area contributed by atoms with Gasteiger partial charge in [-0.25, -0.2) is 0 Å². The summed E-state index contributed by atoms with van der Waals surface area (Å²) in [7, 11) is 0. The molecule has 0 bridgehead atoms. The van der Waals surface area contributed by atoms with Crippen LogP contribution in [0.2, 0.25) is 5.02 Å². The molecule has 1 saturated heterocycles. The molecule has 4 heteroatoms. The number of carbonyl (C=O) groups is 1. The molecule has 1 atom stereocenters. The Morgan fingerprint density at radius 2 is 1.96 bits per heavy atom. The SMILES string of the molecule is CCC.CCCCNCC1CCCN1C(=O)/C=C/c1ccc(Cl)cc1. The maximum atomic E-state index is 12.4. The van der Waals surface area contributed by atoms with Crippen molar-refractivity contribution >= 4 is 23.6 Å². The van der Waals surface area contributed by atoms with Crippen LogP contribution >= 0.6 is 11.6 Å². The van der Waals surface area contributed by atoms with Crippen LogP contribution in [0.5, 0.6) is 0 Å². The van der Waals surface area contributed by atoms with E-state index in [1.54, 1.807) is 6.08 Å². The van der Waals surface area contributed by atoms with Crippen molar-refractivity contribution in [2.45, 2.75) is 58.9 Å². The van der Waals surface area contributed by atoms with Gasteiger partial charge in [-0.05, 0) is 49.6 Å². The molecule has 140 valence electrons. The third kappa shape index (κ3) is 8.55. The Morgan fingerprint density at radius 3 is 2.60 bits per heavy atom. The summed E-state index contributed by atoms with van der Waals surface area (Å²) in [4.78, 5) is 14.4. The average molecular weight is 365 g/mol. The smallest absolute Gasteiger partial charge is 0.246 e. The number of rotatable bonds is 7. The second-order valence-corrected chi connectivity index (χ2v) is 6.91. The van der Waals surface area contributed by atoms with Gasteiger partial charge in [-0.15, -0.1) is 0 Å². The Morgan fingerprint density at radius 1 is 1.28 bits per heavy atom. The number of amides is 1. The van der Waals surface area contributed by atoms with Gasteiger partial charge in [0.1, 0.15) is 0 Å². The first-order valence-corrected chi connectivity index (χ1v) is 9.95. The quantitative estimate of drug-likeness (QED) is 0.536. The fourth-order valence-electron chi connectivity index (χ4n) is 2.75. The predicted molar refractivity (Wildman–Crippen MR) is 109 cm³/mol. The molecule has 2 rings (SSSR count). The van der Waals surface area contributed by atoms with Crippen molar-refractivity contribution < 1.29 is 4.79 Å². The average Bonchev–Trinajstić information content (AvgIpc) is 3.07. The van der Waals surface area contributed by atoms with Gasteiger partial charge in [-0.2, -0.15) is 0 Å². The van der Waals surface area contributed by atoms with Gasteiger partial charge in [0.05, 0.1) is 0 Å². The molecular formula is C21H33ClN2O. The van der Waals surface area contributed by atoms with E-state index < -0.39 is 0 Å². The van der Waals surface area contributed by atoms with Gasteiger partial charge in [0.2, 0.25) is 5.91 Å². The molecule has 0 aliphatic carbocycles. The highest BCUT2D eigenvalue weighted by Gasteiger charge is 2.26. The number of hydrogen-bond donors (Lipinski definition) is 1. The van der Waals surface area contributed by atoms with E-state index >= 15 is 0 Å². The molecule has 1 aliphatic heterocycles. The van der Waals surface area contributed by atoms with E-state index in [9.17, 15) is 4.79 Å². The highest BCUT2D eigenvalue weighted by Crippen LogP contribution is 2.18. The summed E-state index contributed by atoms with van der Waals surface area (Å²) < 4.78 is 0. The Kier molecular flexibility index (Phi) is 11.3. The lowest BCUT2D eigenvalue weighted by atomic mass is 10.2. The lowest BCUT2D eigenvalue weighted by molar-refractivity contribution is -0.126. The standard InChI is InChI=1S/C18H25ClN2O.C3H8/c1-2-3-12-20-14-17-5-4-13-21(17)18(22)11-8-15-6-9-16(19)10-7-15;1-3-2/h6-11,17,20H,2-5,12-14H2,1H3;3H2,1-2H3/b11-8+;. The zero-order valence-electron chi connectivity index (χ0n) is 15.9. The minimum absolute atomic E-state index is 0.106.